The number of fused-ring (bicyclic) bond motifs is 3. The molecule has 0 spiro atoms. The number of ketones is 2. The van der Waals surface area contributed by atoms with Gasteiger partial charge < -0.3 is 9.90 Å². The summed E-state index contributed by atoms with van der Waals surface area (Å²) >= 11 is 0. The molecule has 3 nitrogen and oxygen atoms in total. The Morgan fingerprint density at radius 1 is 1.04 bits per heavy atom. The summed E-state index contributed by atoms with van der Waals surface area (Å²) in [4.78, 5) is 24.6. The van der Waals surface area contributed by atoms with Gasteiger partial charge in [0.25, 0.3) is 0 Å². The van der Waals surface area contributed by atoms with Crippen LogP contribution in [0.15, 0.2) is 0 Å². The van der Waals surface area contributed by atoms with Gasteiger partial charge in [-0.2, -0.15) is 0 Å². The minimum atomic E-state index is -0.320. The van der Waals surface area contributed by atoms with Crippen LogP contribution in [0.3, 0.4) is 0 Å². The Bertz CT molecular complexity index is 623. The second kappa shape index (κ2) is 6.68. The Labute approximate surface area is 165 Å². The molecule has 3 heteroatoms. The molecule has 27 heavy (non-hydrogen) atoms. The molecule has 0 bridgehead atoms. The van der Waals surface area contributed by atoms with E-state index in [-0.39, 0.29) is 33.5 Å². The van der Waals surface area contributed by atoms with E-state index in [1.54, 1.807) is 6.92 Å². The molecule has 0 aliphatic heterocycles. The SMILES string of the molecule is CC(=O)CCC[C@]1(C)C(=O)CCC2[C@@]3(C)CC[C@H](O)C(C)(C)[C@@H]3CC[C@]21C. The van der Waals surface area contributed by atoms with E-state index < -0.39 is 0 Å². The maximum atomic E-state index is 13.2. The van der Waals surface area contributed by atoms with Crippen molar-refractivity contribution in [3.05, 3.63) is 0 Å². The fraction of sp³-hybridized carbons (Fsp3) is 0.917. The zero-order valence-corrected chi connectivity index (χ0v) is 18.4. The first-order valence-electron chi connectivity index (χ1n) is 11.1. The van der Waals surface area contributed by atoms with E-state index in [4.69, 9.17) is 0 Å². The van der Waals surface area contributed by atoms with Crippen molar-refractivity contribution in [2.45, 2.75) is 105 Å². The molecule has 3 aliphatic rings. The van der Waals surface area contributed by atoms with Crippen molar-refractivity contribution < 1.29 is 14.7 Å². The molecule has 1 N–H and O–H groups in total. The molecule has 0 amide bonds. The molecule has 3 rings (SSSR count). The largest absolute Gasteiger partial charge is 0.393 e. The van der Waals surface area contributed by atoms with E-state index in [9.17, 15) is 14.7 Å². The Balaban J connectivity index is 1.95. The van der Waals surface area contributed by atoms with Gasteiger partial charge in [0.2, 0.25) is 0 Å². The summed E-state index contributed by atoms with van der Waals surface area (Å²) in [6, 6.07) is 0. The molecule has 0 radical (unpaired) electrons. The average Bonchev–Trinajstić information content (AvgIpc) is 2.56. The van der Waals surface area contributed by atoms with Gasteiger partial charge in [-0.25, -0.2) is 0 Å². The topological polar surface area (TPSA) is 54.4 Å². The van der Waals surface area contributed by atoms with Gasteiger partial charge in [0.1, 0.15) is 11.6 Å². The summed E-state index contributed by atoms with van der Waals surface area (Å²) < 4.78 is 0. The predicted molar refractivity (Wildman–Crippen MR) is 108 cm³/mol. The van der Waals surface area contributed by atoms with Crippen LogP contribution in [0, 0.1) is 33.5 Å². The highest BCUT2D eigenvalue weighted by Gasteiger charge is 2.66. The maximum absolute atomic E-state index is 13.2. The zero-order chi connectivity index (χ0) is 20.3. The number of hydrogen-bond donors (Lipinski definition) is 1. The Morgan fingerprint density at radius 2 is 1.70 bits per heavy atom. The number of carbonyl (C=O) groups is 2. The summed E-state index contributed by atoms with van der Waals surface area (Å²) in [5.74, 6) is 1.68. The van der Waals surface area contributed by atoms with E-state index >= 15 is 0 Å². The molecular weight excluding hydrogens is 336 g/mol. The van der Waals surface area contributed by atoms with E-state index in [1.165, 1.54) is 0 Å². The third kappa shape index (κ3) is 2.94. The van der Waals surface area contributed by atoms with Crippen molar-refractivity contribution in [2.24, 2.45) is 33.5 Å². The third-order valence-corrected chi connectivity index (χ3v) is 9.77. The van der Waals surface area contributed by atoms with Crippen molar-refractivity contribution in [1.82, 2.24) is 0 Å². The summed E-state index contributed by atoms with van der Waals surface area (Å²) in [6.07, 6.45) is 7.82. The highest BCUT2D eigenvalue weighted by Crippen LogP contribution is 2.71. The Morgan fingerprint density at radius 3 is 2.33 bits per heavy atom. The van der Waals surface area contributed by atoms with Gasteiger partial charge in [-0.15, -0.1) is 0 Å². The fourth-order valence-corrected chi connectivity index (χ4v) is 7.84. The van der Waals surface area contributed by atoms with Crippen LogP contribution in [0.5, 0.6) is 0 Å². The normalized spacial score (nSPS) is 46.5. The third-order valence-electron chi connectivity index (χ3n) is 9.77. The van der Waals surface area contributed by atoms with Crippen LogP contribution in [0.4, 0.5) is 0 Å². The lowest BCUT2D eigenvalue weighted by molar-refractivity contribution is -0.210. The number of aliphatic hydroxyl groups excluding tert-OH is 1. The number of rotatable bonds is 4. The molecule has 3 aliphatic carbocycles. The second-order valence-electron chi connectivity index (χ2n) is 11.3. The van der Waals surface area contributed by atoms with Crippen molar-refractivity contribution in [1.29, 1.82) is 0 Å². The average molecular weight is 377 g/mol. The van der Waals surface area contributed by atoms with Crippen LogP contribution in [0.2, 0.25) is 0 Å². The molecule has 3 fully saturated rings. The first kappa shape index (κ1) is 21.0. The van der Waals surface area contributed by atoms with Gasteiger partial charge in [-0.05, 0) is 80.0 Å². The lowest BCUT2D eigenvalue weighted by Gasteiger charge is -2.68. The minimum Gasteiger partial charge on any atom is -0.393 e. The van der Waals surface area contributed by atoms with Gasteiger partial charge in [-0.1, -0.05) is 34.6 Å². The fourth-order valence-electron chi connectivity index (χ4n) is 7.84. The molecular formula is C24H40O3. The second-order valence-corrected chi connectivity index (χ2v) is 11.3. The summed E-state index contributed by atoms with van der Waals surface area (Å²) in [5.41, 5.74) is -0.179. The van der Waals surface area contributed by atoms with Crippen LogP contribution in [0.1, 0.15) is 99.3 Å². The number of carbonyl (C=O) groups excluding carboxylic acids is 2. The summed E-state index contributed by atoms with van der Waals surface area (Å²) in [7, 11) is 0. The lowest BCUT2D eigenvalue weighted by atomic mass is 9.36. The van der Waals surface area contributed by atoms with Gasteiger partial charge in [0.15, 0.2) is 0 Å². The smallest absolute Gasteiger partial charge is 0.139 e. The molecule has 3 saturated carbocycles. The standard InChI is InChI=1S/C24H40O3/c1-16(25)8-7-13-24(6)20(27)10-9-18-22(4)14-12-19(26)21(2,3)17(22)11-15-23(18,24)5/h17-19,26H,7-15H2,1-6H3/t17-,18?,19-,22-,23+,24+/m0/s1. The number of hydrogen-bond acceptors (Lipinski definition) is 3. The van der Waals surface area contributed by atoms with Crippen LogP contribution in [0.25, 0.3) is 0 Å². The summed E-state index contributed by atoms with van der Waals surface area (Å²) in [6.45, 7) is 13.2. The van der Waals surface area contributed by atoms with Crippen molar-refractivity contribution >= 4 is 11.6 Å². The van der Waals surface area contributed by atoms with Crippen LogP contribution in [-0.2, 0) is 9.59 Å². The minimum absolute atomic E-state index is 0.00272. The van der Waals surface area contributed by atoms with Gasteiger partial charge in [0, 0.05) is 18.3 Å². The van der Waals surface area contributed by atoms with Crippen molar-refractivity contribution in [3.63, 3.8) is 0 Å². The molecule has 0 saturated heterocycles. The highest BCUT2D eigenvalue weighted by atomic mass is 16.3. The molecule has 0 aromatic rings. The van der Waals surface area contributed by atoms with E-state index in [1.807, 2.05) is 0 Å². The van der Waals surface area contributed by atoms with Gasteiger partial charge in [0.05, 0.1) is 6.10 Å². The quantitative estimate of drug-likeness (QED) is 0.721. The van der Waals surface area contributed by atoms with Crippen LogP contribution in [-0.4, -0.2) is 22.8 Å². The highest BCUT2D eigenvalue weighted by molar-refractivity contribution is 5.86. The van der Waals surface area contributed by atoms with Gasteiger partial charge in [-0.3, -0.25) is 4.79 Å². The number of Topliss-reactive ketones (excluding diaryl/α,β-unsaturated/α-hetero) is 2. The molecule has 6 atom stereocenters. The van der Waals surface area contributed by atoms with Crippen LogP contribution >= 0.6 is 0 Å². The monoisotopic (exact) mass is 376 g/mol. The Kier molecular flexibility index (Phi) is 5.20. The molecule has 0 aromatic heterocycles. The first-order valence-corrected chi connectivity index (χ1v) is 11.1. The lowest BCUT2D eigenvalue weighted by Crippen LogP contribution is -2.64. The van der Waals surface area contributed by atoms with Crippen molar-refractivity contribution in [3.8, 4) is 0 Å². The Hall–Kier alpha value is -0.700. The van der Waals surface area contributed by atoms with E-state index in [2.05, 4.69) is 34.6 Å². The molecule has 154 valence electrons. The maximum Gasteiger partial charge on any atom is 0.139 e. The molecule has 0 heterocycles. The molecule has 0 aromatic carbocycles. The van der Waals surface area contributed by atoms with Crippen molar-refractivity contribution in [2.75, 3.05) is 0 Å². The van der Waals surface area contributed by atoms with E-state index in [0.717, 1.165) is 44.9 Å². The van der Waals surface area contributed by atoms with Crippen LogP contribution < -0.4 is 0 Å². The van der Waals surface area contributed by atoms with Gasteiger partial charge >= 0.3 is 0 Å². The zero-order valence-electron chi connectivity index (χ0n) is 18.4. The molecule has 1 unspecified atom stereocenters. The van der Waals surface area contributed by atoms with E-state index in [0.29, 0.717) is 30.5 Å². The number of aliphatic hydroxyl groups is 1. The first-order chi connectivity index (χ1) is 12.4. The predicted octanol–water partition coefficient (Wildman–Crippen LogP) is 5.33. The summed E-state index contributed by atoms with van der Waals surface area (Å²) in [5, 5.41) is 10.7.